The standard InChI is InChI=1S/C16H21O/c1-7-11(2)8-9-15-12(3)10-16(17-6)14(5)13(15)4/h7-10H,1H2,2-6H3/b9-8+,11-7+. The van der Waals surface area contributed by atoms with Gasteiger partial charge in [-0.05, 0) is 62.9 Å². The molecule has 91 valence electrons. The molecule has 0 aliphatic rings. The number of ether oxygens (including phenoxy) is 1. The van der Waals surface area contributed by atoms with Gasteiger partial charge in [0.15, 0.2) is 0 Å². The number of rotatable bonds is 3. The summed E-state index contributed by atoms with van der Waals surface area (Å²) in [7, 11) is 1.71. The van der Waals surface area contributed by atoms with E-state index in [1.807, 2.05) is 13.0 Å². The highest BCUT2D eigenvalue weighted by atomic mass is 16.5. The molecule has 1 aromatic carbocycles. The van der Waals surface area contributed by atoms with E-state index in [1.165, 1.54) is 22.3 Å². The summed E-state index contributed by atoms with van der Waals surface area (Å²) in [4.78, 5) is 0. The third kappa shape index (κ3) is 3.00. The van der Waals surface area contributed by atoms with Crippen LogP contribution in [0.25, 0.3) is 6.08 Å². The minimum absolute atomic E-state index is 0.960. The second-order valence-corrected chi connectivity index (χ2v) is 4.34. The van der Waals surface area contributed by atoms with E-state index in [-0.39, 0.29) is 0 Å². The molecule has 0 spiro atoms. The third-order valence-corrected chi connectivity index (χ3v) is 3.16. The fraction of sp³-hybridized carbons (Fsp3) is 0.312. The number of hydrogen-bond acceptors (Lipinski definition) is 1. The summed E-state index contributed by atoms with van der Waals surface area (Å²) in [6.45, 7) is 12.1. The highest BCUT2D eigenvalue weighted by Gasteiger charge is 2.08. The molecule has 1 aromatic rings. The normalized spacial score (nSPS) is 12.2. The van der Waals surface area contributed by atoms with E-state index in [0.717, 1.165) is 11.3 Å². The van der Waals surface area contributed by atoms with E-state index in [4.69, 9.17) is 4.74 Å². The molecule has 0 fully saturated rings. The van der Waals surface area contributed by atoms with Gasteiger partial charge in [-0.15, -0.1) is 0 Å². The molecule has 0 N–H and O–H groups in total. The largest absolute Gasteiger partial charge is 0.496 e. The average Bonchev–Trinajstić information content (AvgIpc) is 2.33. The van der Waals surface area contributed by atoms with E-state index in [2.05, 4.69) is 45.9 Å². The maximum atomic E-state index is 5.36. The summed E-state index contributed by atoms with van der Waals surface area (Å²) in [5, 5.41) is 0. The Labute approximate surface area is 105 Å². The van der Waals surface area contributed by atoms with Crippen molar-refractivity contribution in [3.63, 3.8) is 0 Å². The van der Waals surface area contributed by atoms with Crippen LogP contribution < -0.4 is 4.74 Å². The van der Waals surface area contributed by atoms with E-state index in [9.17, 15) is 0 Å². The minimum atomic E-state index is 0.960. The second kappa shape index (κ2) is 5.72. The molecule has 0 saturated heterocycles. The van der Waals surface area contributed by atoms with Crippen LogP contribution in [-0.2, 0) is 0 Å². The van der Waals surface area contributed by atoms with Gasteiger partial charge in [-0.25, -0.2) is 0 Å². The molecule has 0 heterocycles. The summed E-state index contributed by atoms with van der Waals surface area (Å²) >= 11 is 0. The Kier molecular flexibility index (Phi) is 4.56. The van der Waals surface area contributed by atoms with Gasteiger partial charge in [0.2, 0.25) is 0 Å². The summed E-state index contributed by atoms with van der Waals surface area (Å²) in [6, 6.07) is 2.09. The molecular weight excluding hydrogens is 208 g/mol. The van der Waals surface area contributed by atoms with Crippen LogP contribution in [0.2, 0.25) is 0 Å². The van der Waals surface area contributed by atoms with Crippen molar-refractivity contribution in [3.8, 4) is 5.75 Å². The zero-order chi connectivity index (χ0) is 13.0. The lowest BCUT2D eigenvalue weighted by atomic mass is 9.96. The minimum Gasteiger partial charge on any atom is -0.496 e. The maximum Gasteiger partial charge on any atom is 0.122 e. The van der Waals surface area contributed by atoms with Gasteiger partial charge < -0.3 is 4.74 Å². The van der Waals surface area contributed by atoms with Crippen LogP contribution in [0.1, 0.15) is 29.2 Å². The second-order valence-electron chi connectivity index (χ2n) is 4.34. The summed E-state index contributed by atoms with van der Waals surface area (Å²) < 4.78 is 5.36. The van der Waals surface area contributed by atoms with Crippen molar-refractivity contribution in [3.05, 3.63) is 53.0 Å². The Hall–Kier alpha value is -1.50. The maximum absolute atomic E-state index is 5.36. The lowest BCUT2D eigenvalue weighted by Gasteiger charge is -2.13. The van der Waals surface area contributed by atoms with Gasteiger partial charge in [0.25, 0.3) is 0 Å². The predicted octanol–water partition coefficient (Wildman–Crippen LogP) is 4.41. The molecule has 1 nitrogen and oxygen atoms in total. The third-order valence-electron chi connectivity index (χ3n) is 3.16. The Morgan fingerprint density at radius 3 is 2.41 bits per heavy atom. The van der Waals surface area contributed by atoms with Crippen molar-refractivity contribution >= 4 is 6.08 Å². The van der Waals surface area contributed by atoms with Crippen LogP contribution in [0.4, 0.5) is 0 Å². The summed E-state index contributed by atoms with van der Waals surface area (Å²) in [5.74, 6) is 0.960. The number of benzene rings is 1. The van der Waals surface area contributed by atoms with E-state index in [0.29, 0.717) is 0 Å². The molecule has 0 aromatic heterocycles. The van der Waals surface area contributed by atoms with Crippen molar-refractivity contribution in [1.82, 2.24) is 0 Å². The van der Waals surface area contributed by atoms with Crippen LogP contribution in [-0.4, -0.2) is 7.11 Å². The van der Waals surface area contributed by atoms with Crippen molar-refractivity contribution in [2.45, 2.75) is 27.7 Å². The quantitative estimate of drug-likeness (QED) is 0.697. The summed E-state index contributed by atoms with van der Waals surface area (Å²) in [5.41, 5.74) is 6.14. The Morgan fingerprint density at radius 1 is 1.24 bits per heavy atom. The number of methoxy groups -OCH3 is 1. The van der Waals surface area contributed by atoms with Crippen molar-refractivity contribution < 1.29 is 4.74 Å². The Bertz CT molecular complexity index is 465. The average molecular weight is 229 g/mol. The lowest BCUT2D eigenvalue weighted by molar-refractivity contribution is 0.411. The van der Waals surface area contributed by atoms with Crippen molar-refractivity contribution in [2.75, 3.05) is 7.11 Å². The molecule has 1 heteroatoms. The first kappa shape index (κ1) is 13.6. The molecule has 1 radical (unpaired) electrons. The zero-order valence-corrected chi connectivity index (χ0v) is 11.4. The first-order valence-corrected chi connectivity index (χ1v) is 5.80. The molecule has 17 heavy (non-hydrogen) atoms. The van der Waals surface area contributed by atoms with Gasteiger partial charge in [-0.1, -0.05) is 23.8 Å². The monoisotopic (exact) mass is 229 g/mol. The van der Waals surface area contributed by atoms with Crippen LogP contribution >= 0.6 is 0 Å². The topological polar surface area (TPSA) is 9.23 Å². The first-order chi connectivity index (χ1) is 8.01. The van der Waals surface area contributed by atoms with Crippen molar-refractivity contribution in [2.24, 2.45) is 0 Å². The van der Waals surface area contributed by atoms with Gasteiger partial charge in [-0.3, -0.25) is 0 Å². The van der Waals surface area contributed by atoms with Crippen molar-refractivity contribution in [1.29, 1.82) is 0 Å². The summed E-state index contributed by atoms with van der Waals surface area (Å²) in [6.07, 6.45) is 6.10. The Balaban J connectivity index is 3.26. The van der Waals surface area contributed by atoms with Gasteiger partial charge in [0, 0.05) is 0 Å². The van der Waals surface area contributed by atoms with Crippen LogP contribution in [0.15, 0.2) is 23.8 Å². The van der Waals surface area contributed by atoms with E-state index >= 15 is 0 Å². The Morgan fingerprint density at radius 2 is 1.88 bits per heavy atom. The van der Waals surface area contributed by atoms with E-state index < -0.39 is 0 Å². The molecule has 0 unspecified atom stereocenters. The number of allylic oxidation sites excluding steroid dienone is 3. The van der Waals surface area contributed by atoms with Gasteiger partial charge in [-0.2, -0.15) is 0 Å². The molecule has 0 bridgehead atoms. The zero-order valence-electron chi connectivity index (χ0n) is 11.4. The number of aryl methyl sites for hydroxylation is 1. The molecule has 0 atom stereocenters. The lowest BCUT2D eigenvalue weighted by Crippen LogP contribution is -1.95. The fourth-order valence-corrected chi connectivity index (χ4v) is 1.82. The fourth-order valence-electron chi connectivity index (χ4n) is 1.82. The highest BCUT2D eigenvalue weighted by molar-refractivity contribution is 5.64. The van der Waals surface area contributed by atoms with Crippen LogP contribution in [0.5, 0.6) is 5.75 Å². The van der Waals surface area contributed by atoms with Gasteiger partial charge >= 0.3 is 0 Å². The molecular formula is C16H21O. The predicted molar refractivity (Wildman–Crippen MR) is 75.4 cm³/mol. The van der Waals surface area contributed by atoms with E-state index in [1.54, 1.807) is 7.11 Å². The molecule has 0 aliphatic carbocycles. The first-order valence-electron chi connectivity index (χ1n) is 5.80. The SMILES string of the molecule is [CH2]/C=C(C)/C=C/c1c(C)cc(OC)c(C)c1C. The van der Waals surface area contributed by atoms with Crippen LogP contribution in [0, 0.1) is 27.7 Å². The molecule has 0 saturated carbocycles. The highest BCUT2D eigenvalue weighted by Crippen LogP contribution is 2.28. The van der Waals surface area contributed by atoms with Gasteiger partial charge in [0.1, 0.15) is 5.75 Å². The smallest absolute Gasteiger partial charge is 0.122 e. The van der Waals surface area contributed by atoms with Gasteiger partial charge in [0.05, 0.1) is 7.11 Å². The molecule has 0 amide bonds. The number of hydrogen-bond donors (Lipinski definition) is 0. The van der Waals surface area contributed by atoms with Crippen LogP contribution in [0.3, 0.4) is 0 Å². The molecule has 0 aliphatic heterocycles. The molecule has 1 rings (SSSR count).